The zero-order chi connectivity index (χ0) is 15.7. The first-order valence-corrected chi connectivity index (χ1v) is 7.78. The van der Waals surface area contributed by atoms with Crippen LogP contribution in [-0.4, -0.2) is 35.7 Å². The normalized spacial score (nSPS) is 15.2. The summed E-state index contributed by atoms with van der Waals surface area (Å²) in [6.45, 7) is 3.09. The van der Waals surface area contributed by atoms with Gasteiger partial charge in [0.15, 0.2) is 5.82 Å². The molecule has 0 bridgehead atoms. The molecule has 0 atom stereocenters. The van der Waals surface area contributed by atoms with Gasteiger partial charge >= 0.3 is 0 Å². The molecule has 1 fully saturated rings. The van der Waals surface area contributed by atoms with Crippen LogP contribution < -0.4 is 15.4 Å². The summed E-state index contributed by atoms with van der Waals surface area (Å²) in [5.74, 6) is 0.513. The molecule has 0 spiro atoms. The van der Waals surface area contributed by atoms with Crippen LogP contribution in [0.2, 0.25) is 10.0 Å². The summed E-state index contributed by atoms with van der Waals surface area (Å²) in [6.07, 6.45) is 3.32. The zero-order valence-corrected chi connectivity index (χ0v) is 13.7. The highest BCUT2D eigenvalue weighted by atomic mass is 35.5. The lowest BCUT2D eigenvalue weighted by molar-refractivity contribution is 0.639. The molecule has 7 heteroatoms. The topological polar surface area (TPSA) is 41.4 Å². The maximum atomic E-state index is 12.1. The van der Waals surface area contributed by atoms with Gasteiger partial charge in [0.1, 0.15) is 0 Å². The number of aromatic nitrogens is 2. The summed E-state index contributed by atoms with van der Waals surface area (Å²) in [5.41, 5.74) is 0.980. The number of hydrogen-bond donors (Lipinski definition) is 0. The predicted octanol–water partition coefficient (Wildman–Crippen LogP) is 2.41. The fourth-order valence-electron chi connectivity index (χ4n) is 2.56. The van der Waals surface area contributed by atoms with Crippen LogP contribution in [0.4, 0.5) is 11.5 Å². The van der Waals surface area contributed by atoms with Crippen LogP contribution in [0.15, 0.2) is 35.4 Å². The van der Waals surface area contributed by atoms with E-state index in [0.29, 0.717) is 15.9 Å². The van der Waals surface area contributed by atoms with Crippen molar-refractivity contribution in [1.29, 1.82) is 0 Å². The van der Waals surface area contributed by atoms with Gasteiger partial charge in [-0.15, -0.1) is 0 Å². The summed E-state index contributed by atoms with van der Waals surface area (Å²) >= 11 is 12.0. The Bertz CT molecular complexity index is 739. The van der Waals surface area contributed by atoms with E-state index in [2.05, 4.69) is 9.88 Å². The van der Waals surface area contributed by atoms with Gasteiger partial charge in [-0.05, 0) is 18.2 Å². The lowest BCUT2D eigenvalue weighted by atomic mass is 10.2. The lowest BCUT2D eigenvalue weighted by Crippen LogP contribution is -2.48. The number of halogens is 2. The number of hydrogen-bond acceptors (Lipinski definition) is 4. The molecule has 2 heterocycles. The molecule has 3 rings (SSSR count). The Labute approximate surface area is 138 Å². The van der Waals surface area contributed by atoms with Gasteiger partial charge in [-0.2, -0.15) is 0 Å². The standard InChI is InChI=1S/C15H16Cl2N4O/c1-19-5-4-18-14(15(19)22)21-8-6-20(7-9-21)11-2-3-12(16)13(17)10-11/h2-5,10H,6-9H2,1H3. The van der Waals surface area contributed by atoms with Crippen LogP contribution in [0.25, 0.3) is 0 Å². The number of nitrogens with zero attached hydrogens (tertiary/aromatic N) is 4. The Hall–Kier alpha value is -1.72. The fraction of sp³-hybridized carbons (Fsp3) is 0.333. The van der Waals surface area contributed by atoms with Crippen molar-refractivity contribution in [1.82, 2.24) is 9.55 Å². The molecule has 0 unspecified atom stereocenters. The third kappa shape index (κ3) is 2.91. The number of benzene rings is 1. The molecule has 5 nitrogen and oxygen atoms in total. The van der Waals surface area contributed by atoms with E-state index in [-0.39, 0.29) is 5.56 Å². The first kappa shape index (κ1) is 15.2. The van der Waals surface area contributed by atoms with Crippen LogP contribution >= 0.6 is 23.2 Å². The summed E-state index contributed by atoms with van der Waals surface area (Å²) in [5, 5.41) is 1.11. The van der Waals surface area contributed by atoms with E-state index in [9.17, 15) is 4.79 Å². The molecule has 22 heavy (non-hydrogen) atoms. The largest absolute Gasteiger partial charge is 0.368 e. The van der Waals surface area contributed by atoms with E-state index >= 15 is 0 Å². The van der Waals surface area contributed by atoms with Crippen molar-refractivity contribution < 1.29 is 0 Å². The Kier molecular flexibility index (Phi) is 4.27. The van der Waals surface area contributed by atoms with Crippen molar-refractivity contribution in [3.05, 3.63) is 51.0 Å². The van der Waals surface area contributed by atoms with Crippen molar-refractivity contribution >= 4 is 34.7 Å². The molecule has 2 aromatic rings. The average molecular weight is 339 g/mol. The molecular weight excluding hydrogens is 323 g/mol. The second-order valence-electron chi connectivity index (χ2n) is 5.24. The van der Waals surface area contributed by atoms with Gasteiger partial charge in [0.25, 0.3) is 5.56 Å². The van der Waals surface area contributed by atoms with E-state index in [0.717, 1.165) is 31.9 Å². The number of rotatable bonds is 2. The van der Waals surface area contributed by atoms with Gasteiger partial charge in [-0.3, -0.25) is 4.79 Å². The van der Waals surface area contributed by atoms with Crippen LogP contribution in [-0.2, 0) is 7.05 Å². The van der Waals surface area contributed by atoms with E-state index in [1.807, 2.05) is 17.0 Å². The van der Waals surface area contributed by atoms with Crippen LogP contribution in [0.5, 0.6) is 0 Å². The molecule has 1 aromatic heterocycles. The van der Waals surface area contributed by atoms with E-state index in [1.165, 1.54) is 0 Å². The van der Waals surface area contributed by atoms with Crippen molar-refractivity contribution in [3.63, 3.8) is 0 Å². The van der Waals surface area contributed by atoms with Gasteiger partial charge in [0, 0.05) is 51.3 Å². The van der Waals surface area contributed by atoms with Gasteiger partial charge in [-0.1, -0.05) is 23.2 Å². The quantitative estimate of drug-likeness (QED) is 0.843. The van der Waals surface area contributed by atoms with Gasteiger partial charge in [0.2, 0.25) is 0 Å². The molecule has 1 aliphatic rings. The van der Waals surface area contributed by atoms with Crippen LogP contribution in [0, 0.1) is 0 Å². The highest BCUT2D eigenvalue weighted by molar-refractivity contribution is 6.42. The lowest BCUT2D eigenvalue weighted by Gasteiger charge is -2.36. The molecular formula is C15H16Cl2N4O. The Balaban J connectivity index is 1.73. The molecule has 1 aliphatic heterocycles. The Morgan fingerprint density at radius 2 is 1.73 bits per heavy atom. The van der Waals surface area contributed by atoms with E-state index < -0.39 is 0 Å². The third-order valence-corrected chi connectivity index (χ3v) is 4.59. The summed E-state index contributed by atoms with van der Waals surface area (Å²) in [7, 11) is 1.74. The fourth-order valence-corrected chi connectivity index (χ4v) is 2.85. The molecule has 0 N–H and O–H groups in total. The Morgan fingerprint density at radius 1 is 1.05 bits per heavy atom. The summed E-state index contributed by atoms with van der Waals surface area (Å²) < 4.78 is 1.55. The minimum absolute atomic E-state index is 0.0644. The van der Waals surface area contributed by atoms with Crippen LogP contribution in [0.3, 0.4) is 0 Å². The smallest absolute Gasteiger partial charge is 0.293 e. The summed E-state index contributed by atoms with van der Waals surface area (Å²) in [6, 6.07) is 5.64. The van der Waals surface area contributed by atoms with E-state index in [1.54, 1.807) is 30.1 Å². The monoisotopic (exact) mass is 338 g/mol. The number of aryl methyl sites for hydroxylation is 1. The third-order valence-electron chi connectivity index (χ3n) is 3.85. The number of anilines is 2. The molecule has 0 aliphatic carbocycles. The first-order chi connectivity index (χ1) is 10.6. The van der Waals surface area contributed by atoms with Crippen molar-refractivity contribution in [2.45, 2.75) is 0 Å². The van der Waals surface area contributed by atoms with Crippen LogP contribution in [0.1, 0.15) is 0 Å². The first-order valence-electron chi connectivity index (χ1n) is 7.03. The Morgan fingerprint density at radius 3 is 2.41 bits per heavy atom. The second-order valence-corrected chi connectivity index (χ2v) is 6.05. The van der Waals surface area contributed by atoms with Gasteiger partial charge in [-0.25, -0.2) is 4.98 Å². The molecule has 0 radical (unpaired) electrons. The van der Waals surface area contributed by atoms with Gasteiger partial charge in [0.05, 0.1) is 10.0 Å². The van der Waals surface area contributed by atoms with Crippen molar-refractivity contribution in [2.24, 2.45) is 7.05 Å². The highest BCUT2D eigenvalue weighted by Crippen LogP contribution is 2.27. The number of piperazine rings is 1. The maximum absolute atomic E-state index is 12.1. The minimum Gasteiger partial charge on any atom is -0.368 e. The second kappa shape index (κ2) is 6.18. The van der Waals surface area contributed by atoms with Gasteiger partial charge < -0.3 is 14.4 Å². The average Bonchev–Trinajstić information content (AvgIpc) is 2.53. The SMILES string of the molecule is Cn1ccnc(N2CCN(c3ccc(Cl)c(Cl)c3)CC2)c1=O. The predicted molar refractivity (Wildman–Crippen MR) is 90.4 cm³/mol. The summed E-state index contributed by atoms with van der Waals surface area (Å²) in [4.78, 5) is 20.6. The zero-order valence-electron chi connectivity index (χ0n) is 12.2. The highest BCUT2D eigenvalue weighted by Gasteiger charge is 2.21. The van der Waals surface area contributed by atoms with Crippen molar-refractivity contribution in [3.8, 4) is 0 Å². The molecule has 0 amide bonds. The maximum Gasteiger partial charge on any atom is 0.293 e. The molecule has 1 aromatic carbocycles. The van der Waals surface area contributed by atoms with E-state index in [4.69, 9.17) is 23.2 Å². The minimum atomic E-state index is -0.0644. The molecule has 0 saturated carbocycles. The molecule has 116 valence electrons. The molecule has 1 saturated heterocycles. The van der Waals surface area contributed by atoms with Crippen molar-refractivity contribution in [2.75, 3.05) is 36.0 Å².